The number of sulfone groups is 1. The topological polar surface area (TPSA) is 92.4 Å². The molecule has 0 radical (unpaired) electrons. The van der Waals surface area contributed by atoms with E-state index in [1.165, 1.54) is 11.9 Å². The monoisotopic (exact) mass is 423 g/mol. The number of hydrogen-bond donors (Lipinski definition) is 1. The summed E-state index contributed by atoms with van der Waals surface area (Å²) in [5, 5.41) is 0. The van der Waals surface area contributed by atoms with E-state index in [0.29, 0.717) is 5.95 Å². The van der Waals surface area contributed by atoms with E-state index in [4.69, 9.17) is 5.73 Å². The second kappa shape index (κ2) is 7.95. The normalized spacial score (nSPS) is 14.7. The molecule has 0 bridgehead atoms. The second-order valence-electron chi connectivity index (χ2n) is 7.48. The second-order valence-corrected chi connectivity index (χ2v) is 9.40. The lowest BCUT2D eigenvalue weighted by Gasteiger charge is -2.36. The number of para-hydroxylation sites is 1. The van der Waals surface area contributed by atoms with Gasteiger partial charge in [-0.25, -0.2) is 13.4 Å². The first-order chi connectivity index (χ1) is 14.4. The molecule has 1 aliphatic rings. The minimum absolute atomic E-state index is 0.0243. The van der Waals surface area contributed by atoms with E-state index >= 15 is 0 Å². The first kappa shape index (κ1) is 20.2. The van der Waals surface area contributed by atoms with Gasteiger partial charge >= 0.3 is 0 Å². The molecule has 4 rings (SSSR count). The van der Waals surface area contributed by atoms with E-state index < -0.39 is 9.84 Å². The van der Waals surface area contributed by atoms with Crippen molar-refractivity contribution in [2.24, 2.45) is 0 Å². The molecule has 2 N–H and O–H groups in total. The Hall–Kier alpha value is -3.13. The van der Waals surface area contributed by atoms with Crippen molar-refractivity contribution < 1.29 is 8.42 Å². The van der Waals surface area contributed by atoms with Crippen molar-refractivity contribution in [3.05, 3.63) is 65.9 Å². The maximum atomic E-state index is 13.0. The fourth-order valence-corrected chi connectivity index (χ4v) is 4.89. The van der Waals surface area contributed by atoms with Gasteiger partial charge in [0.05, 0.1) is 11.1 Å². The van der Waals surface area contributed by atoms with Crippen molar-refractivity contribution in [3.63, 3.8) is 0 Å². The predicted molar refractivity (Wildman–Crippen MR) is 119 cm³/mol. The summed E-state index contributed by atoms with van der Waals surface area (Å²) in [5.41, 5.74) is 9.19. The van der Waals surface area contributed by atoms with E-state index in [1.54, 1.807) is 18.2 Å². The number of nitrogen functional groups attached to an aromatic ring is 1. The molecule has 0 saturated carbocycles. The van der Waals surface area contributed by atoms with Crippen LogP contribution in [-0.2, 0) is 9.84 Å². The molecule has 2 heterocycles. The van der Waals surface area contributed by atoms with E-state index in [0.717, 1.165) is 37.3 Å². The first-order valence-corrected chi connectivity index (χ1v) is 11.3. The van der Waals surface area contributed by atoms with Crippen LogP contribution in [-0.4, -0.2) is 44.6 Å². The smallest absolute Gasteiger partial charge is 0.227 e. The first-order valence-electron chi connectivity index (χ1n) is 9.86. The number of nitrogens with zero attached hydrogens (tertiary/aromatic N) is 4. The summed E-state index contributed by atoms with van der Waals surface area (Å²) in [6.45, 7) is 6.95. The summed E-state index contributed by atoms with van der Waals surface area (Å²) < 4.78 is 26.1. The van der Waals surface area contributed by atoms with Gasteiger partial charge < -0.3 is 15.5 Å². The van der Waals surface area contributed by atoms with Gasteiger partial charge in [0.1, 0.15) is 10.7 Å². The lowest BCUT2D eigenvalue weighted by atomic mass is 10.1. The van der Waals surface area contributed by atoms with Gasteiger partial charge in [-0.05, 0) is 49.2 Å². The van der Waals surface area contributed by atoms with Crippen LogP contribution in [0.3, 0.4) is 0 Å². The van der Waals surface area contributed by atoms with Gasteiger partial charge in [-0.3, -0.25) is 0 Å². The summed E-state index contributed by atoms with van der Waals surface area (Å²) in [4.78, 5) is 13.1. The van der Waals surface area contributed by atoms with Crippen LogP contribution in [0, 0.1) is 13.8 Å². The lowest BCUT2D eigenvalue weighted by Crippen LogP contribution is -2.47. The van der Waals surface area contributed by atoms with Gasteiger partial charge in [-0.2, -0.15) is 4.98 Å². The molecule has 0 atom stereocenters. The zero-order chi connectivity index (χ0) is 21.3. The third-order valence-electron chi connectivity index (χ3n) is 5.53. The third-order valence-corrected chi connectivity index (χ3v) is 7.30. The van der Waals surface area contributed by atoms with Gasteiger partial charge in [-0.1, -0.05) is 24.3 Å². The molecule has 30 heavy (non-hydrogen) atoms. The van der Waals surface area contributed by atoms with Crippen molar-refractivity contribution in [1.82, 2.24) is 9.97 Å². The quantitative estimate of drug-likeness (QED) is 0.690. The molecule has 1 aromatic heterocycles. The lowest BCUT2D eigenvalue weighted by molar-refractivity contribution is 0.595. The van der Waals surface area contributed by atoms with Crippen molar-refractivity contribution in [2.45, 2.75) is 23.6 Å². The number of hydrogen-bond acceptors (Lipinski definition) is 7. The van der Waals surface area contributed by atoms with Crippen molar-refractivity contribution in [3.8, 4) is 0 Å². The molecular weight excluding hydrogens is 398 g/mol. The summed E-state index contributed by atoms with van der Waals surface area (Å²) >= 11 is 0. The Bertz CT molecular complexity index is 1160. The van der Waals surface area contributed by atoms with Gasteiger partial charge in [0, 0.05) is 31.9 Å². The van der Waals surface area contributed by atoms with Crippen molar-refractivity contribution in [2.75, 3.05) is 41.7 Å². The fraction of sp³-hybridized carbons (Fsp3) is 0.273. The van der Waals surface area contributed by atoms with Gasteiger partial charge in [0.2, 0.25) is 15.8 Å². The molecule has 1 fully saturated rings. The summed E-state index contributed by atoms with van der Waals surface area (Å²) in [5.74, 6) is 0.433. The zero-order valence-corrected chi connectivity index (χ0v) is 17.9. The van der Waals surface area contributed by atoms with Gasteiger partial charge in [0.25, 0.3) is 0 Å². The number of anilines is 3. The highest BCUT2D eigenvalue weighted by Gasteiger charge is 2.25. The molecule has 1 saturated heterocycles. The average Bonchev–Trinajstić information content (AvgIpc) is 2.76. The number of aryl methyl sites for hydroxylation is 2. The Morgan fingerprint density at radius 1 is 0.900 bits per heavy atom. The Morgan fingerprint density at radius 3 is 2.20 bits per heavy atom. The van der Waals surface area contributed by atoms with Gasteiger partial charge in [-0.15, -0.1) is 0 Å². The van der Waals surface area contributed by atoms with Crippen LogP contribution in [0.15, 0.2) is 64.5 Å². The maximum Gasteiger partial charge on any atom is 0.227 e. The molecule has 1 aliphatic heterocycles. The number of piperazine rings is 1. The molecule has 3 aromatic rings. The van der Waals surface area contributed by atoms with Crippen LogP contribution in [0.4, 0.5) is 17.5 Å². The molecular formula is C22H25N5O2S. The number of benzene rings is 2. The highest BCUT2D eigenvalue weighted by atomic mass is 32.2. The van der Waals surface area contributed by atoms with Crippen molar-refractivity contribution in [1.29, 1.82) is 0 Å². The van der Waals surface area contributed by atoms with E-state index in [-0.39, 0.29) is 15.6 Å². The molecule has 156 valence electrons. The molecule has 8 heteroatoms. The van der Waals surface area contributed by atoms with E-state index in [1.807, 2.05) is 36.9 Å². The molecule has 7 nitrogen and oxygen atoms in total. The SMILES string of the molecule is Cc1ccc(S(=O)(=O)c2cnc(N3CCN(c4ccccc4)CC3)nc2N)cc1C. The molecule has 2 aromatic carbocycles. The minimum atomic E-state index is -3.78. The maximum absolute atomic E-state index is 13.0. The Morgan fingerprint density at radius 2 is 1.57 bits per heavy atom. The van der Waals surface area contributed by atoms with Crippen LogP contribution in [0.5, 0.6) is 0 Å². The largest absolute Gasteiger partial charge is 0.382 e. The minimum Gasteiger partial charge on any atom is -0.382 e. The highest BCUT2D eigenvalue weighted by Crippen LogP contribution is 2.27. The van der Waals surface area contributed by atoms with Crippen LogP contribution in [0.25, 0.3) is 0 Å². The Labute approximate surface area is 177 Å². The summed E-state index contributed by atoms with van der Waals surface area (Å²) in [6, 6.07) is 15.3. The van der Waals surface area contributed by atoms with E-state index in [9.17, 15) is 8.42 Å². The molecule has 0 amide bonds. The fourth-order valence-electron chi connectivity index (χ4n) is 3.55. The summed E-state index contributed by atoms with van der Waals surface area (Å²) in [7, 11) is -3.78. The molecule has 0 unspecified atom stereocenters. The average molecular weight is 424 g/mol. The highest BCUT2D eigenvalue weighted by molar-refractivity contribution is 7.91. The Kier molecular flexibility index (Phi) is 5.34. The van der Waals surface area contributed by atoms with Crippen LogP contribution in [0.2, 0.25) is 0 Å². The van der Waals surface area contributed by atoms with Crippen molar-refractivity contribution >= 4 is 27.3 Å². The number of aromatic nitrogens is 2. The Balaban J connectivity index is 1.53. The molecule has 0 spiro atoms. The summed E-state index contributed by atoms with van der Waals surface area (Å²) in [6.07, 6.45) is 1.33. The standard InChI is InChI=1S/C22H25N5O2S/c1-16-8-9-19(14-17(16)2)30(28,29)20-15-24-22(25-21(20)23)27-12-10-26(11-13-27)18-6-4-3-5-7-18/h3-9,14-15H,10-13H2,1-2H3,(H2,23,24,25). The van der Waals surface area contributed by atoms with E-state index in [2.05, 4.69) is 27.0 Å². The number of nitrogens with two attached hydrogens (primary N) is 1. The van der Waals surface area contributed by atoms with Crippen LogP contribution < -0.4 is 15.5 Å². The molecule has 0 aliphatic carbocycles. The van der Waals surface area contributed by atoms with Crippen LogP contribution in [0.1, 0.15) is 11.1 Å². The number of rotatable bonds is 4. The van der Waals surface area contributed by atoms with Crippen LogP contribution >= 0.6 is 0 Å². The third kappa shape index (κ3) is 3.82. The zero-order valence-electron chi connectivity index (χ0n) is 17.1. The van der Waals surface area contributed by atoms with Gasteiger partial charge in [0.15, 0.2) is 0 Å². The predicted octanol–water partition coefficient (Wildman–Crippen LogP) is 2.84.